The Morgan fingerprint density at radius 1 is 1.07 bits per heavy atom. The van der Waals surface area contributed by atoms with E-state index in [0.717, 1.165) is 50.4 Å². The molecule has 1 fully saturated rings. The first kappa shape index (κ1) is 21.1. The summed E-state index contributed by atoms with van der Waals surface area (Å²) in [6, 6.07) is 17.6. The van der Waals surface area contributed by atoms with Gasteiger partial charge in [-0.3, -0.25) is 4.99 Å². The molecule has 2 aromatic carbocycles. The number of likely N-dealkylation sites (tertiary alicyclic amines) is 1. The number of aliphatic imine (C=N–C) groups is 1. The zero-order valence-corrected chi connectivity index (χ0v) is 18.0. The van der Waals surface area contributed by atoms with Gasteiger partial charge in [-0.15, -0.1) is 0 Å². The molecule has 1 aliphatic rings. The van der Waals surface area contributed by atoms with Gasteiger partial charge in [0.2, 0.25) is 0 Å². The lowest BCUT2D eigenvalue weighted by Crippen LogP contribution is -2.45. The fourth-order valence-corrected chi connectivity index (χ4v) is 4.12. The molecule has 0 bridgehead atoms. The highest BCUT2D eigenvalue weighted by molar-refractivity contribution is 7.90. The second-order valence-electron chi connectivity index (χ2n) is 7.34. The van der Waals surface area contributed by atoms with E-state index in [2.05, 4.69) is 45.6 Å². The molecule has 1 heterocycles. The summed E-state index contributed by atoms with van der Waals surface area (Å²) in [7, 11) is -1.32. The molecule has 0 aliphatic carbocycles. The predicted octanol–water partition coefficient (Wildman–Crippen LogP) is 3.39. The Morgan fingerprint density at radius 2 is 1.72 bits per heavy atom. The molecule has 6 heteroatoms. The van der Waals surface area contributed by atoms with Gasteiger partial charge in [0.1, 0.15) is 0 Å². The van der Waals surface area contributed by atoms with Gasteiger partial charge in [-0.1, -0.05) is 54.1 Å². The maximum Gasteiger partial charge on any atom is 0.193 e. The van der Waals surface area contributed by atoms with Gasteiger partial charge in [0, 0.05) is 32.9 Å². The molecule has 29 heavy (non-hydrogen) atoms. The van der Waals surface area contributed by atoms with Crippen molar-refractivity contribution in [1.29, 1.82) is 0 Å². The Labute approximate surface area is 174 Å². The SMILES string of the molecule is CN=C(NCCc1ccc(S(C)(=O)=O)cc1)N1CCC(=Cc2ccccc2)CC1. The third kappa shape index (κ3) is 6.19. The van der Waals surface area contributed by atoms with E-state index in [1.165, 1.54) is 17.4 Å². The molecular weight excluding hydrogens is 382 g/mol. The van der Waals surface area contributed by atoms with E-state index in [1.54, 1.807) is 12.1 Å². The smallest absolute Gasteiger partial charge is 0.193 e. The van der Waals surface area contributed by atoms with E-state index in [1.807, 2.05) is 25.2 Å². The van der Waals surface area contributed by atoms with Crippen LogP contribution in [-0.4, -0.2) is 52.2 Å². The maximum absolute atomic E-state index is 11.5. The Morgan fingerprint density at radius 3 is 2.31 bits per heavy atom. The van der Waals surface area contributed by atoms with Crippen molar-refractivity contribution in [3.05, 3.63) is 71.3 Å². The summed E-state index contributed by atoms with van der Waals surface area (Å²) in [6.07, 6.45) is 6.43. The van der Waals surface area contributed by atoms with Crippen LogP contribution in [0.4, 0.5) is 0 Å². The molecule has 0 aromatic heterocycles. The molecule has 0 saturated carbocycles. The monoisotopic (exact) mass is 411 g/mol. The highest BCUT2D eigenvalue weighted by atomic mass is 32.2. The van der Waals surface area contributed by atoms with Crippen molar-refractivity contribution in [2.45, 2.75) is 24.2 Å². The van der Waals surface area contributed by atoms with Crippen LogP contribution in [0.15, 0.2) is 70.1 Å². The van der Waals surface area contributed by atoms with Gasteiger partial charge in [0.05, 0.1) is 4.90 Å². The third-order valence-electron chi connectivity index (χ3n) is 5.14. The number of nitrogens with one attached hydrogen (secondary N) is 1. The molecule has 1 aliphatic heterocycles. The van der Waals surface area contributed by atoms with Gasteiger partial charge in [-0.2, -0.15) is 0 Å². The number of hydrogen-bond acceptors (Lipinski definition) is 3. The zero-order valence-electron chi connectivity index (χ0n) is 17.1. The van der Waals surface area contributed by atoms with Crippen LogP contribution in [0.3, 0.4) is 0 Å². The van der Waals surface area contributed by atoms with Gasteiger partial charge in [0.15, 0.2) is 15.8 Å². The predicted molar refractivity (Wildman–Crippen MR) is 120 cm³/mol. The summed E-state index contributed by atoms with van der Waals surface area (Å²) in [4.78, 5) is 7.09. The van der Waals surface area contributed by atoms with E-state index < -0.39 is 9.84 Å². The average Bonchev–Trinajstić information content (AvgIpc) is 2.72. The van der Waals surface area contributed by atoms with E-state index in [-0.39, 0.29) is 0 Å². The lowest BCUT2D eigenvalue weighted by molar-refractivity contribution is 0.376. The molecule has 0 radical (unpaired) electrons. The highest BCUT2D eigenvalue weighted by Gasteiger charge is 2.17. The summed E-state index contributed by atoms with van der Waals surface area (Å²) in [5.74, 6) is 0.927. The second-order valence-corrected chi connectivity index (χ2v) is 9.36. The van der Waals surface area contributed by atoms with Gasteiger partial charge < -0.3 is 10.2 Å². The largest absolute Gasteiger partial charge is 0.356 e. The Bertz CT molecular complexity index is 955. The first-order valence-electron chi connectivity index (χ1n) is 9.95. The summed E-state index contributed by atoms with van der Waals surface area (Å²) in [6.45, 7) is 2.68. The molecule has 0 unspecified atom stereocenters. The Balaban J connectivity index is 1.48. The van der Waals surface area contributed by atoms with Crippen LogP contribution in [0.5, 0.6) is 0 Å². The van der Waals surface area contributed by atoms with Crippen molar-refractivity contribution < 1.29 is 8.42 Å². The minimum atomic E-state index is -3.14. The van der Waals surface area contributed by atoms with E-state index in [4.69, 9.17) is 0 Å². The summed E-state index contributed by atoms with van der Waals surface area (Å²) < 4.78 is 23.1. The van der Waals surface area contributed by atoms with Crippen molar-refractivity contribution in [2.24, 2.45) is 4.99 Å². The fourth-order valence-electron chi connectivity index (χ4n) is 3.49. The van der Waals surface area contributed by atoms with E-state index in [0.29, 0.717) is 4.90 Å². The number of rotatable bonds is 5. The van der Waals surface area contributed by atoms with Gasteiger partial charge in [-0.25, -0.2) is 8.42 Å². The topological polar surface area (TPSA) is 61.8 Å². The van der Waals surface area contributed by atoms with E-state index >= 15 is 0 Å². The average molecular weight is 412 g/mol. The highest BCUT2D eigenvalue weighted by Crippen LogP contribution is 2.19. The van der Waals surface area contributed by atoms with Crippen LogP contribution >= 0.6 is 0 Å². The maximum atomic E-state index is 11.5. The number of sulfone groups is 1. The number of hydrogen-bond donors (Lipinski definition) is 1. The molecule has 1 N–H and O–H groups in total. The quantitative estimate of drug-likeness (QED) is 0.605. The van der Waals surface area contributed by atoms with Crippen molar-refractivity contribution in [1.82, 2.24) is 10.2 Å². The minimum absolute atomic E-state index is 0.359. The molecule has 1 saturated heterocycles. The normalized spacial score (nSPS) is 15.3. The number of benzene rings is 2. The van der Waals surface area contributed by atoms with Crippen LogP contribution in [0.1, 0.15) is 24.0 Å². The standard InChI is InChI=1S/C23H29N3O2S/c1-24-23(25-15-12-19-8-10-22(11-9-19)29(2,27)28)26-16-13-21(14-17-26)18-20-6-4-3-5-7-20/h3-11,18H,12-17H2,1-2H3,(H,24,25). The molecule has 3 rings (SSSR count). The Hall–Kier alpha value is -2.60. The molecule has 0 spiro atoms. The lowest BCUT2D eigenvalue weighted by atomic mass is 10.0. The minimum Gasteiger partial charge on any atom is -0.356 e. The summed E-state index contributed by atoms with van der Waals surface area (Å²) >= 11 is 0. The van der Waals surface area contributed by atoms with Crippen LogP contribution in [-0.2, 0) is 16.3 Å². The van der Waals surface area contributed by atoms with Crippen LogP contribution < -0.4 is 5.32 Å². The number of piperidine rings is 1. The molecular formula is C23H29N3O2S. The van der Waals surface area contributed by atoms with Crippen LogP contribution in [0, 0.1) is 0 Å². The summed E-state index contributed by atoms with van der Waals surface area (Å²) in [5, 5.41) is 3.44. The number of guanidine groups is 1. The first-order valence-corrected chi connectivity index (χ1v) is 11.8. The number of nitrogens with zero attached hydrogens (tertiary/aromatic N) is 2. The van der Waals surface area contributed by atoms with Gasteiger partial charge in [0.25, 0.3) is 0 Å². The molecule has 2 aromatic rings. The van der Waals surface area contributed by atoms with Crippen molar-refractivity contribution >= 4 is 21.9 Å². The molecule has 0 atom stereocenters. The van der Waals surface area contributed by atoms with Gasteiger partial charge in [-0.05, 0) is 42.5 Å². The Kier molecular flexibility index (Phi) is 7.09. The molecule has 5 nitrogen and oxygen atoms in total. The first-order chi connectivity index (χ1) is 14.0. The van der Waals surface area contributed by atoms with Crippen LogP contribution in [0.2, 0.25) is 0 Å². The fraction of sp³-hybridized carbons (Fsp3) is 0.348. The second kappa shape index (κ2) is 9.74. The van der Waals surface area contributed by atoms with Gasteiger partial charge >= 0.3 is 0 Å². The van der Waals surface area contributed by atoms with Crippen LogP contribution in [0.25, 0.3) is 6.08 Å². The van der Waals surface area contributed by atoms with Crippen molar-refractivity contribution in [3.63, 3.8) is 0 Å². The summed E-state index contributed by atoms with van der Waals surface area (Å²) in [5.41, 5.74) is 3.85. The van der Waals surface area contributed by atoms with Crippen molar-refractivity contribution in [2.75, 3.05) is 32.9 Å². The third-order valence-corrected chi connectivity index (χ3v) is 6.26. The van der Waals surface area contributed by atoms with Crippen molar-refractivity contribution in [3.8, 4) is 0 Å². The zero-order chi connectivity index (χ0) is 20.7. The molecule has 154 valence electrons. The molecule has 0 amide bonds. The lowest BCUT2D eigenvalue weighted by Gasteiger charge is -2.31. The van der Waals surface area contributed by atoms with E-state index in [9.17, 15) is 8.42 Å².